The number of rotatable bonds is 16. The van der Waals surface area contributed by atoms with E-state index < -0.39 is 156 Å². The molecule has 6 N–H and O–H groups in total. The zero-order valence-electron chi connectivity index (χ0n) is 57.1. The van der Waals surface area contributed by atoms with E-state index in [4.69, 9.17) is 0 Å². The van der Waals surface area contributed by atoms with Crippen LogP contribution in [0.3, 0.4) is 0 Å². The molecule has 0 aromatic rings. The van der Waals surface area contributed by atoms with Crippen molar-refractivity contribution >= 4 is 65.0 Å². The van der Waals surface area contributed by atoms with Gasteiger partial charge < -0.3 is 65.8 Å². The average molecular weight is 1230 g/mol. The first-order valence-corrected chi connectivity index (χ1v) is 31.1. The molecule has 24 nitrogen and oxygen atoms in total. The molecule has 13 atom stereocenters. The van der Waals surface area contributed by atoms with E-state index in [1.54, 1.807) is 39.8 Å². The molecule has 498 valence electrons. The molecular weight excluding hydrogens is 1120 g/mol. The van der Waals surface area contributed by atoms with E-state index in [0.717, 1.165) is 14.7 Å². The first-order chi connectivity index (χ1) is 40.1. The fourth-order valence-corrected chi connectivity index (χ4v) is 10.7. The molecule has 0 radical (unpaired) electrons. The fourth-order valence-electron chi connectivity index (χ4n) is 10.7. The summed E-state index contributed by atoms with van der Waals surface area (Å²) in [6.07, 6.45) is 1.18. The number of allylic oxidation sites excluding steroid dienone is 2. The predicted molar refractivity (Wildman–Crippen MR) is 334 cm³/mol. The van der Waals surface area contributed by atoms with Crippen LogP contribution >= 0.6 is 0 Å². The van der Waals surface area contributed by atoms with Crippen LogP contribution in [0.2, 0.25) is 0 Å². The van der Waals surface area contributed by atoms with Crippen molar-refractivity contribution in [3.8, 4) is 0 Å². The third-order valence-electron chi connectivity index (χ3n) is 16.2. The Morgan fingerprint density at radius 3 is 1.18 bits per heavy atom. The van der Waals surface area contributed by atoms with Crippen LogP contribution in [0, 0.1) is 41.4 Å². The molecule has 87 heavy (non-hydrogen) atoms. The summed E-state index contributed by atoms with van der Waals surface area (Å²) in [4.78, 5) is 169. The summed E-state index contributed by atoms with van der Waals surface area (Å²) >= 11 is 0. The Morgan fingerprint density at radius 2 is 0.782 bits per heavy atom. The summed E-state index contributed by atoms with van der Waals surface area (Å²) in [5, 5.41) is 34.1. The highest BCUT2D eigenvalue weighted by molar-refractivity contribution is 5.99. The van der Waals surface area contributed by atoms with E-state index in [0.29, 0.717) is 0 Å². The molecule has 24 heteroatoms. The van der Waals surface area contributed by atoms with Gasteiger partial charge in [-0.25, -0.2) is 0 Å². The van der Waals surface area contributed by atoms with Crippen LogP contribution in [0.15, 0.2) is 12.2 Å². The molecule has 0 saturated carbocycles. The fraction of sp³-hybridized carbons (Fsp3) is 0.794. The highest BCUT2D eigenvalue weighted by Crippen LogP contribution is 2.26. The molecule has 0 aromatic heterocycles. The molecular formula is C63H113N11O13. The molecule has 13 unspecified atom stereocenters. The smallest absolute Gasteiger partial charge is 0.248 e. The van der Waals surface area contributed by atoms with Crippen LogP contribution < -0.4 is 21.3 Å². The first-order valence-electron chi connectivity index (χ1n) is 31.1. The summed E-state index contributed by atoms with van der Waals surface area (Å²) in [6, 6.07) is -13.1. The Morgan fingerprint density at radius 1 is 0.425 bits per heavy atom. The second-order valence-electron chi connectivity index (χ2n) is 26.8. The van der Waals surface area contributed by atoms with Crippen molar-refractivity contribution in [3.63, 3.8) is 0 Å². The SMILES string of the molecule is CC=CCC(C)C(O)C1C(=O)NC(C(C)O)C(=O)N(C)CC(=O)N(C)C(CC(C)C)C(=O)NC(C(C)C)C(=O)N(C)C(CC(C)C)C(=O)NC(C)C(=O)NC(C)C(=O)N(C)C(CC(C)C)C(=O)N(C)C(CC(C)C)C(=O)N(C)C(CC(C)C)C(=O)N1C. The molecule has 0 bridgehead atoms. The lowest BCUT2D eigenvalue weighted by atomic mass is 9.91. The number of carbonyl (C=O) groups excluding carboxylic acids is 11. The number of aliphatic hydroxyl groups excluding tert-OH is 2. The molecule has 1 aliphatic rings. The van der Waals surface area contributed by atoms with Gasteiger partial charge in [0.25, 0.3) is 0 Å². The number of likely N-dealkylation sites (N-methyl/N-ethyl adjacent to an activating group) is 7. The van der Waals surface area contributed by atoms with E-state index in [1.165, 1.54) is 89.7 Å². The molecule has 1 aliphatic heterocycles. The van der Waals surface area contributed by atoms with Gasteiger partial charge in [-0.1, -0.05) is 102 Å². The van der Waals surface area contributed by atoms with Crippen molar-refractivity contribution in [1.82, 2.24) is 55.6 Å². The Labute approximate surface area is 520 Å². The van der Waals surface area contributed by atoms with Crippen LogP contribution in [0.4, 0.5) is 0 Å². The number of amides is 11. The van der Waals surface area contributed by atoms with Crippen LogP contribution in [-0.4, -0.2) is 238 Å². The normalized spacial score (nSPS) is 26.9. The highest BCUT2D eigenvalue weighted by atomic mass is 16.3. The van der Waals surface area contributed by atoms with Crippen LogP contribution in [0.5, 0.6) is 0 Å². The lowest BCUT2D eigenvalue weighted by molar-refractivity contribution is -0.157. The predicted octanol–water partition coefficient (Wildman–Crippen LogP) is 2.63. The second-order valence-corrected chi connectivity index (χ2v) is 26.8. The maximum Gasteiger partial charge on any atom is 0.248 e. The standard InChI is InChI=1S/C63H113N11O13/c1-25-26-27-40(14)53(77)52-57(81)67-51(43(17)75)62(86)68(18)33-49(76)69(19)44(28-34(2)3)56(80)66-50(39(12)13)63(87)70(20)45(29-35(4)5)55(79)64-41(15)54(78)65-42(16)58(82)71(21)46(30-36(6)7)59(83)72(22)47(31-37(8)9)60(84)73(23)48(32-38(10)11)61(85)74(52)24/h25-26,34-48,50-53,75,77H,27-33H2,1-24H3,(H,64,79)(H,65,78)(H,66,80)(H,67,81). The lowest BCUT2D eigenvalue weighted by Gasteiger charge is -2.41. The molecule has 1 rings (SSSR count). The number of nitrogens with one attached hydrogen (secondary N) is 4. The minimum atomic E-state index is -1.74. The maximum absolute atomic E-state index is 15.2. The number of hydrogen-bond donors (Lipinski definition) is 6. The molecule has 0 aromatic carbocycles. The Kier molecular flexibility index (Phi) is 32.4. The van der Waals surface area contributed by atoms with Crippen LogP contribution in [-0.2, 0) is 52.7 Å². The van der Waals surface area contributed by atoms with Crippen molar-refractivity contribution in [2.45, 2.75) is 229 Å². The van der Waals surface area contributed by atoms with Gasteiger partial charge in [0.05, 0.1) is 18.8 Å². The van der Waals surface area contributed by atoms with Crippen molar-refractivity contribution < 1.29 is 63.0 Å². The minimum Gasteiger partial charge on any atom is -0.391 e. The lowest BCUT2D eigenvalue weighted by Crippen LogP contribution is -2.64. The molecule has 0 aliphatic carbocycles. The molecule has 1 saturated heterocycles. The number of carbonyl (C=O) groups is 11. The first kappa shape index (κ1) is 78.8. The third-order valence-corrected chi connectivity index (χ3v) is 16.2. The van der Waals surface area contributed by atoms with Crippen molar-refractivity contribution in [2.75, 3.05) is 55.9 Å². The second kappa shape index (κ2) is 35.7. The average Bonchev–Trinajstić information content (AvgIpc) is 1.51. The quantitative estimate of drug-likeness (QED) is 0.121. The van der Waals surface area contributed by atoms with Gasteiger partial charge in [-0.2, -0.15) is 0 Å². The van der Waals surface area contributed by atoms with E-state index in [2.05, 4.69) is 21.3 Å². The Hall–Kier alpha value is -6.17. The van der Waals surface area contributed by atoms with E-state index in [9.17, 15) is 48.6 Å². The van der Waals surface area contributed by atoms with Crippen molar-refractivity contribution in [2.24, 2.45) is 41.4 Å². The van der Waals surface area contributed by atoms with Gasteiger partial charge in [0.15, 0.2) is 0 Å². The minimum absolute atomic E-state index is 0.0584. The van der Waals surface area contributed by atoms with E-state index >= 15 is 14.4 Å². The zero-order valence-corrected chi connectivity index (χ0v) is 57.1. The van der Waals surface area contributed by atoms with E-state index in [-0.39, 0.29) is 68.1 Å². The topological polar surface area (TPSA) is 299 Å². The Bertz CT molecular complexity index is 2380. The summed E-state index contributed by atoms with van der Waals surface area (Å²) in [6.45, 7) is 28.8. The summed E-state index contributed by atoms with van der Waals surface area (Å²) in [7, 11) is 9.67. The summed E-state index contributed by atoms with van der Waals surface area (Å²) in [5.74, 6) is -10.2. The number of hydrogen-bond acceptors (Lipinski definition) is 13. The monoisotopic (exact) mass is 1230 g/mol. The summed E-state index contributed by atoms with van der Waals surface area (Å²) in [5.41, 5.74) is 0. The molecule has 1 fully saturated rings. The van der Waals surface area contributed by atoms with Gasteiger partial charge in [-0.15, -0.1) is 0 Å². The molecule has 11 amide bonds. The Balaban J connectivity index is 4.40. The van der Waals surface area contributed by atoms with Gasteiger partial charge in [0.1, 0.15) is 60.4 Å². The van der Waals surface area contributed by atoms with Gasteiger partial charge >= 0.3 is 0 Å². The number of aliphatic hydroxyl groups is 2. The van der Waals surface area contributed by atoms with Crippen LogP contribution in [0.1, 0.15) is 156 Å². The zero-order chi connectivity index (χ0) is 67.6. The third kappa shape index (κ3) is 22.7. The van der Waals surface area contributed by atoms with Gasteiger partial charge in [0.2, 0.25) is 65.0 Å². The van der Waals surface area contributed by atoms with Gasteiger partial charge in [-0.05, 0) is 108 Å². The van der Waals surface area contributed by atoms with Gasteiger partial charge in [0, 0.05) is 49.3 Å². The molecule has 0 spiro atoms. The van der Waals surface area contributed by atoms with Crippen molar-refractivity contribution in [1.29, 1.82) is 0 Å². The van der Waals surface area contributed by atoms with Crippen molar-refractivity contribution in [3.05, 3.63) is 12.2 Å². The summed E-state index contributed by atoms with van der Waals surface area (Å²) < 4.78 is 0. The maximum atomic E-state index is 15.2. The number of nitrogens with zero attached hydrogens (tertiary/aromatic N) is 7. The van der Waals surface area contributed by atoms with Gasteiger partial charge in [-0.3, -0.25) is 52.7 Å². The molecule has 1 heterocycles. The highest BCUT2D eigenvalue weighted by Gasteiger charge is 2.45. The largest absolute Gasteiger partial charge is 0.391 e. The van der Waals surface area contributed by atoms with Crippen LogP contribution in [0.25, 0.3) is 0 Å². The van der Waals surface area contributed by atoms with E-state index in [1.807, 2.05) is 69.2 Å².